The van der Waals surface area contributed by atoms with Crippen LogP contribution in [-0.2, 0) is 16.8 Å². The van der Waals surface area contributed by atoms with Gasteiger partial charge in [0, 0.05) is 25.2 Å². The van der Waals surface area contributed by atoms with Crippen molar-refractivity contribution in [1.82, 2.24) is 19.4 Å². The van der Waals surface area contributed by atoms with Crippen LogP contribution in [-0.4, -0.2) is 36.8 Å². The quantitative estimate of drug-likeness (QED) is 0.320. The van der Waals surface area contributed by atoms with Gasteiger partial charge in [-0.25, -0.2) is 4.98 Å². The number of hydrogen-bond donors (Lipinski definition) is 1. The average Bonchev–Trinajstić information content (AvgIpc) is 3.09. The molecule has 9 heteroatoms. The molecule has 0 bridgehead atoms. The van der Waals surface area contributed by atoms with E-state index in [0.29, 0.717) is 22.9 Å². The van der Waals surface area contributed by atoms with Crippen molar-refractivity contribution >= 4 is 11.3 Å². The molecular weight excluding hydrogens is 458 g/mol. The van der Waals surface area contributed by atoms with Gasteiger partial charge >= 0.3 is 16.8 Å². The second kappa shape index (κ2) is 13.0. The summed E-state index contributed by atoms with van der Waals surface area (Å²) in [5.74, 6) is 0.442. The number of aliphatic hydroxyl groups is 1. The molecule has 4 rings (SSSR count). The van der Waals surface area contributed by atoms with Crippen LogP contribution in [0.4, 0.5) is 0 Å². The third-order valence-corrected chi connectivity index (χ3v) is 3.55. The summed E-state index contributed by atoms with van der Waals surface area (Å²) in [6.07, 6.45) is 5.19. The summed E-state index contributed by atoms with van der Waals surface area (Å²) in [4.78, 5) is 25.8. The summed E-state index contributed by atoms with van der Waals surface area (Å²) in [5.41, 5.74) is 2.21. The van der Waals surface area contributed by atoms with Crippen LogP contribution in [0.1, 0.15) is 23.1 Å². The van der Waals surface area contributed by atoms with E-state index in [1.807, 2.05) is 47.0 Å². The fraction of sp³-hybridized carbons (Fsp3) is 0.100. The number of imidazole rings is 1. The van der Waals surface area contributed by atoms with Crippen LogP contribution in [0.5, 0.6) is 0 Å². The van der Waals surface area contributed by atoms with Crippen molar-refractivity contribution in [2.75, 3.05) is 6.61 Å². The number of fused-ring (bicyclic) bond motifs is 1. The van der Waals surface area contributed by atoms with Gasteiger partial charge in [-0.3, -0.25) is 19.2 Å². The Morgan fingerprint density at radius 2 is 1.59 bits per heavy atom. The fourth-order valence-electron chi connectivity index (χ4n) is 2.50. The molecule has 0 aliphatic rings. The summed E-state index contributed by atoms with van der Waals surface area (Å²) in [6, 6.07) is 16.5. The topological polar surface area (TPSA) is 80.4 Å². The van der Waals surface area contributed by atoms with E-state index in [2.05, 4.69) is 15.0 Å². The van der Waals surface area contributed by atoms with Crippen LogP contribution in [0.25, 0.3) is 17.0 Å². The Balaban J connectivity index is 0.00000123. The molecule has 4 heterocycles. The molecule has 0 atom stereocenters. The van der Waals surface area contributed by atoms with Gasteiger partial charge in [-0.15, -0.1) is 0 Å². The molecule has 4 aromatic heterocycles. The third kappa shape index (κ3) is 6.09. The average molecular weight is 476 g/mol. The van der Waals surface area contributed by atoms with Gasteiger partial charge in [0.15, 0.2) is 5.82 Å². The van der Waals surface area contributed by atoms with Crippen LogP contribution < -0.4 is 24.8 Å². The van der Waals surface area contributed by atoms with Gasteiger partial charge in [-0.1, -0.05) is 18.2 Å². The SMILES string of the molecule is CCO.O=C(c1ccccn1)c1nc(-c2ccccn2)n2ccccc12.[Cl-].[Cl-].[Co+2]. The third-order valence-electron chi connectivity index (χ3n) is 3.55. The number of aromatic nitrogens is 4. The van der Waals surface area contributed by atoms with E-state index in [0.717, 1.165) is 5.52 Å². The Morgan fingerprint density at radius 3 is 2.17 bits per heavy atom. The van der Waals surface area contributed by atoms with Crippen molar-refractivity contribution in [3.63, 3.8) is 0 Å². The molecule has 6 nitrogen and oxygen atoms in total. The molecule has 0 aromatic carbocycles. The molecule has 0 saturated carbocycles. The van der Waals surface area contributed by atoms with Gasteiger partial charge < -0.3 is 29.9 Å². The van der Waals surface area contributed by atoms with E-state index >= 15 is 0 Å². The van der Waals surface area contributed by atoms with Gasteiger partial charge in [0.2, 0.25) is 5.78 Å². The van der Waals surface area contributed by atoms with E-state index in [-0.39, 0.29) is 54.0 Å². The zero-order valence-corrected chi connectivity index (χ0v) is 17.9. The number of halogens is 2. The van der Waals surface area contributed by atoms with Gasteiger partial charge in [-0.05, 0) is 43.3 Å². The van der Waals surface area contributed by atoms with Crippen LogP contribution in [0, 0.1) is 0 Å². The van der Waals surface area contributed by atoms with E-state index in [9.17, 15) is 4.79 Å². The molecular formula is C20H18Cl2CoN4O2. The first-order valence-electron chi connectivity index (χ1n) is 8.21. The fourth-order valence-corrected chi connectivity index (χ4v) is 2.50. The van der Waals surface area contributed by atoms with Gasteiger partial charge in [-0.2, -0.15) is 0 Å². The predicted molar refractivity (Wildman–Crippen MR) is 98.9 cm³/mol. The van der Waals surface area contributed by atoms with Crippen LogP contribution in [0.15, 0.2) is 73.2 Å². The molecule has 0 aliphatic carbocycles. The zero-order valence-electron chi connectivity index (χ0n) is 15.4. The molecule has 0 saturated heterocycles. The standard InChI is InChI=1S/C18H12N4O.C2H6O.2ClH.Co/c23-17(13-7-1-4-10-19-13)16-15-9-3-6-12-22(15)18(21-16)14-8-2-5-11-20-14;1-2-3;;;/h1-12H;3H,2H2,1H3;2*1H;/q;;;;+2/p-2. The van der Waals surface area contributed by atoms with Crippen molar-refractivity contribution in [3.05, 3.63) is 84.6 Å². The summed E-state index contributed by atoms with van der Waals surface area (Å²) in [5, 5.41) is 7.57. The second-order valence-electron chi connectivity index (χ2n) is 5.32. The molecule has 0 amide bonds. The Hall–Kier alpha value is -2.29. The van der Waals surface area contributed by atoms with E-state index < -0.39 is 0 Å². The monoisotopic (exact) mass is 475 g/mol. The Labute approximate surface area is 191 Å². The second-order valence-corrected chi connectivity index (χ2v) is 5.32. The first-order chi connectivity index (χ1) is 12.8. The predicted octanol–water partition coefficient (Wildman–Crippen LogP) is -2.97. The summed E-state index contributed by atoms with van der Waals surface area (Å²) in [7, 11) is 0. The number of nitrogens with zero attached hydrogens (tertiary/aromatic N) is 4. The molecule has 153 valence electrons. The minimum Gasteiger partial charge on any atom is -1.00 e. The number of rotatable bonds is 3. The van der Waals surface area contributed by atoms with E-state index in [1.165, 1.54) is 0 Å². The number of hydrogen-bond acceptors (Lipinski definition) is 5. The maximum Gasteiger partial charge on any atom is 2.00 e. The molecule has 1 radical (unpaired) electrons. The van der Waals surface area contributed by atoms with Gasteiger partial charge in [0.1, 0.15) is 17.1 Å². The molecule has 1 N–H and O–H groups in total. The first kappa shape index (κ1) is 26.7. The molecule has 29 heavy (non-hydrogen) atoms. The van der Waals surface area contributed by atoms with Crippen molar-refractivity contribution in [3.8, 4) is 11.5 Å². The minimum absolute atomic E-state index is 0. The number of ketones is 1. The maximum atomic E-state index is 12.7. The smallest absolute Gasteiger partial charge is 1.00 e. The number of carbonyl (C=O) groups is 1. The maximum absolute atomic E-state index is 12.7. The molecule has 4 aromatic rings. The van der Waals surface area contributed by atoms with Crippen LogP contribution in [0.3, 0.4) is 0 Å². The summed E-state index contributed by atoms with van der Waals surface area (Å²) < 4.78 is 1.87. The minimum atomic E-state index is -0.198. The van der Waals surface area contributed by atoms with Crippen molar-refractivity contribution in [1.29, 1.82) is 0 Å². The number of carbonyl (C=O) groups excluding carboxylic acids is 1. The number of pyridine rings is 3. The van der Waals surface area contributed by atoms with E-state index in [1.54, 1.807) is 37.5 Å². The first-order valence-corrected chi connectivity index (χ1v) is 8.21. The Kier molecular flexibility index (Phi) is 12.0. The van der Waals surface area contributed by atoms with Crippen LogP contribution >= 0.6 is 0 Å². The molecule has 0 aliphatic heterocycles. The zero-order chi connectivity index (χ0) is 18.4. The number of aliphatic hydroxyl groups excluding tert-OH is 1. The van der Waals surface area contributed by atoms with Crippen molar-refractivity contribution in [2.45, 2.75) is 6.92 Å². The van der Waals surface area contributed by atoms with Crippen molar-refractivity contribution < 1.29 is 51.5 Å². The van der Waals surface area contributed by atoms with Gasteiger partial charge in [0.25, 0.3) is 0 Å². The van der Waals surface area contributed by atoms with Crippen molar-refractivity contribution in [2.24, 2.45) is 0 Å². The van der Waals surface area contributed by atoms with Gasteiger partial charge in [0.05, 0.1) is 5.52 Å². The van der Waals surface area contributed by atoms with E-state index in [4.69, 9.17) is 5.11 Å². The summed E-state index contributed by atoms with van der Waals surface area (Å²) in [6.45, 7) is 1.93. The normalized spacial score (nSPS) is 9.17. The summed E-state index contributed by atoms with van der Waals surface area (Å²) >= 11 is 0. The Morgan fingerprint density at radius 1 is 0.966 bits per heavy atom. The van der Waals surface area contributed by atoms with Crippen LogP contribution in [0.2, 0.25) is 0 Å². The largest absolute Gasteiger partial charge is 2.00 e. The molecule has 0 unspecified atom stereocenters. The Bertz CT molecular complexity index is 1010. The molecule has 0 fully saturated rings. The molecule has 0 spiro atoms.